The molecule has 0 spiro atoms. The molecular formula is C10H15BrN2O2S. The van der Waals surface area contributed by atoms with Crippen LogP contribution in [0.2, 0.25) is 0 Å². The molecular weight excluding hydrogens is 292 g/mol. The minimum Gasteiger partial charge on any atom is -0.377 e. The summed E-state index contributed by atoms with van der Waals surface area (Å²) in [6, 6.07) is 5.46. The molecule has 1 aromatic carbocycles. The van der Waals surface area contributed by atoms with E-state index in [0.29, 0.717) is 5.69 Å². The third-order valence-electron chi connectivity index (χ3n) is 2.11. The maximum Gasteiger partial charge on any atom is 0.242 e. The Balaban J connectivity index is 3.05. The second kappa shape index (κ2) is 5.05. The van der Waals surface area contributed by atoms with Gasteiger partial charge in [0.1, 0.15) is 4.66 Å². The SMILES string of the molecule is Cc1ccc(NS(=O)(=O)CBr)cc1N(C)C. The van der Waals surface area contributed by atoms with Crippen molar-refractivity contribution >= 4 is 37.3 Å². The van der Waals surface area contributed by atoms with Gasteiger partial charge in [-0.3, -0.25) is 4.72 Å². The molecule has 16 heavy (non-hydrogen) atoms. The summed E-state index contributed by atoms with van der Waals surface area (Å²) in [4.78, 5) is 1.95. The minimum absolute atomic E-state index is 0.106. The molecule has 1 rings (SSSR count). The summed E-state index contributed by atoms with van der Waals surface area (Å²) < 4.78 is 25.1. The molecule has 0 unspecified atom stereocenters. The number of nitrogens with one attached hydrogen (secondary N) is 1. The Bertz CT molecular complexity index is 472. The van der Waals surface area contributed by atoms with E-state index >= 15 is 0 Å². The molecule has 0 aliphatic heterocycles. The van der Waals surface area contributed by atoms with E-state index in [2.05, 4.69) is 20.7 Å². The first kappa shape index (κ1) is 13.3. The van der Waals surface area contributed by atoms with Crippen molar-refractivity contribution in [1.29, 1.82) is 0 Å². The van der Waals surface area contributed by atoms with E-state index in [0.717, 1.165) is 11.3 Å². The van der Waals surface area contributed by atoms with E-state index in [4.69, 9.17) is 0 Å². The highest BCUT2D eigenvalue weighted by Gasteiger charge is 2.09. The highest BCUT2D eigenvalue weighted by atomic mass is 79.9. The number of benzene rings is 1. The fraction of sp³-hybridized carbons (Fsp3) is 0.400. The summed E-state index contributed by atoms with van der Waals surface area (Å²) in [5.41, 5.74) is 2.68. The van der Waals surface area contributed by atoms with Crippen LogP contribution in [-0.4, -0.2) is 27.2 Å². The molecule has 1 aromatic rings. The Morgan fingerprint density at radius 1 is 1.38 bits per heavy atom. The molecule has 0 aromatic heterocycles. The lowest BCUT2D eigenvalue weighted by atomic mass is 10.2. The summed E-state index contributed by atoms with van der Waals surface area (Å²) in [7, 11) is 0.564. The van der Waals surface area contributed by atoms with Gasteiger partial charge in [0.05, 0.1) is 5.69 Å². The number of aryl methyl sites for hydroxylation is 1. The lowest BCUT2D eigenvalue weighted by molar-refractivity contribution is 0.606. The van der Waals surface area contributed by atoms with Crippen molar-refractivity contribution in [2.45, 2.75) is 6.92 Å². The van der Waals surface area contributed by atoms with Gasteiger partial charge in [-0.2, -0.15) is 0 Å². The monoisotopic (exact) mass is 306 g/mol. The van der Waals surface area contributed by atoms with Crippen molar-refractivity contribution in [3.63, 3.8) is 0 Å². The van der Waals surface area contributed by atoms with Gasteiger partial charge in [-0.05, 0) is 24.6 Å². The molecule has 0 saturated carbocycles. The van der Waals surface area contributed by atoms with Gasteiger partial charge < -0.3 is 4.90 Å². The number of hydrogen-bond acceptors (Lipinski definition) is 3. The number of nitrogens with zero attached hydrogens (tertiary/aromatic N) is 1. The first-order valence-corrected chi connectivity index (χ1v) is 7.47. The minimum atomic E-state index is -3.28. The van der Waals surface area contributed by atoms with Crippen molar-refractivity contribution in [3.8, 4) is 0 Å². The van der Waals surface area contributed by atoms with Crippen molar-refractivity contribution < 1.29 is 8.42 Å². The van der Waals surface area contributed by atoms with Crippen LogP contribution in [0.5, 0.6) is 0 Å². The predicted octanol–water partition coefficient (Wildman–Crippen LogP) is 2.16. The number of hydrogen-bond donors (Lipinski definition) is 1. The van der Waals surface area contributed by atoms with Gasteiger partial charge in [0.25, 0.3) is 0 Å². The number of rotatable bonds is 4. The molecule has 0 aliphatic carbocycles. The maximum absolute atomic E-state index is 11.4. The van der Waals surface area contributed by atoms with E-state index in [1.807, 2.05) is 38.1 Å². The first-order chi connectivity index (χ1) is 7.35. The molecule has 0 fully saturated rings. The molecule has 0 bridgehead atoms. The lowest BCUT2D eigenvalue weighted by Gasteiger charge is -2.17. The standard InChI is InChI=1S/C10H15BrN2O2S/c1-8-4-5-9(6-10(8)13(2)3)12-16(14,15)7-11/h4-6,12H,7H2,1-3H3. The molecule has 0 amide bonds. The van der Waals surface area contributed by atoms with E-state index in [9.17, 15) is 8.42 Å². The third-order valence-corrected chi connectivity index (χ3v) is 4.75. The Morgan fingerprint density at radius 3 is 2.50 bits per heavy atom. The van der Waals surface area contributed by atoms with Gasteiger partial charge >= 0.3 is 0 Å². The van der Waals surface area contributed by atoms with Gasteiger partial charge in [-0.15, -0.1) is 0 Å². The van der Waals surface area contributed by atoms with Crippen molar-refractivity contribution in [1.82, 2.24) is 0 Å². The molecule has 0 atom stereocenters. The summed E-state index contributed by atoms with van der Waals surface area (Å²) in [6.45, 7) is 1.98. The second-order valence-electron chi connectivity index (χ2n) is 3.72. The molecule has 6 heteroatoms. The van der Waals surface area contributed by atoms with Crippen LogP contribution in [0.1, 0.15) is 5.56 Å². The molecule has 0 aliphatic rings. The van der Waals surface area contributed by atoms with E-state index in [1.54, 1.807) is 6.07 Å². The van der Waals surface area contributed by atoms with Gasteiger partial charge in [0.2, 0.25) is 10.0 Å². The lowest BCUT2D eigenvalue weighted by Crippen LogP contribution is -2.15. The normalized spacial score (nSPS) is 11.2. The summed E-state index contributed by atoms with van der Waals surface area (Å²) in [5, 5.41) is 0. The second-order valence-corrected chi connectivity index (χ2v) is 6.75. The van der Waals surface area contributed by atoms with Crippen molar-refractivity contribution in [3.05, 3.63) is 23.8 Å². The van der Waals surface area contributed by atoms with Crippen LogP contribution in [-0.2, 0) is 10.0 Å². The smallest absolute Gasteiger partial charge is 0.242 e. The number of halogens is 1. The Hall–Kier alpha value is -0.750. The van der Waals surface area contributed by atoms with E-state index in [1.165, 1.54) is 0 Å². The molecule has 1 N–H and O–H groups in total. The van der Waals surface area contributed by atoms with Crippen LogP contribution in [0.4, 0.5) is 11.4 Å². The summed E-state index contributed by atoms with van der Waals surface area (Å²) in [5.74, 6) is 0. The molecule has 4 nitrogen and oxygen atoms in total. The van der Waals surface area contributed by atoms with Gasteiger partial charge in [0, 0.05) is 19.8 Å². The quantitative estimate of drug-likeness (QED) is 0.867. The first-order valence-electron chi connectivity index (χ1n) is 4.70. The van der Waals surface area contributed by atoms with E-state index < -0.39 is 10.0 Å². The van der Waals surface area contributed by atoms with Gasteiger partial charge in [0.15, 0.2) is 0 Å². The average Bonchev–Trinajstić information content (AvgIpc) is 2.20. The molecule has 90 valence electrons. The zero-order chi connectivity index (χ0) is 12.3. The Kier molecular flexibility index (Phi) is 4.21. The van der Waals surface area contributed by atoms with E-state index in [-0.39, 0.29) is 4.66 Å². The van der Waals surface area contributed by atoms with Crippen LogP contribution in [0.3, 0.4) is 0 Å². The maximum atomic E-state index is 11.4. The molecule has 0 saturated heterocycles. The van der Waals surface area contributed by atoms with Gasteiger partial charge in [-0.1, -0.05) is 22.0 Å². The summed E-state index contributed by atoms with van der Waals surface area (Å²) in [6.07, 6.45) is 0. The fourth-order valence-corrected chi connectivity index (χ4v) is 2.25. The Labute approximate surface area is 105 Å². The topological polar surface area (TPSA) is 49.4 Å². The number of alkyl halides is 1. The highest BCUT2D eigenvalue weighted by molar-refractivity contribution is 9.10. The van der Waals surface area contributed by atoms with Crippen molar-refractivity contribution in [2.24, 2.45) is 0 Å². The number of sulfonamides is 1. The van der Waals surface area contributed by atoms with Gasteiger partial charge in [-0.25, -0.2) is 8.42 Å². The van der Waals surface area contributed by atoms with Crippen LogP contribution in [0.15, 0.2) is 18.2 Å². The average molecular weight is 307 g/mol. The van der Waals surface area contributed by atoms with Crippen LogP contribution >= 0.6 is 15.9 Å². The molecule has 0 heterocycles. The van der Waals surface area contributed by atoms with Crippen LogP contribution in [0, 0.1) is 6.92 Å². The largest absolute Gasteiger partial charge is 0.377 e. The van der Waals surface area contributed by atoms with Crippen LogP contribution < -0.4 is 9.62 Å². The van der Waals surface area contributed by atoms with Crippen LogP contribution in [0.25, 0.3) is 0 Å². The molecule has 0 radical (unpaired) electrons. The Morgan fingerprint density at radius 2 is 2.00 bits per heavy atom. The zero-order valence-electron chi connectivity index (χ0n) is 9.49. The summed E-state index contributed by atoms with van der Waals surface area (Å²) >= 11 is 2.93. The zero-order valence-corrected chi connectivity index (χ0v) is 11.9. The van der Waals surface area contributed by atoms with Crippen molar-refractivity contribution in [2.75, 3.05) is 28.4 Å². The predicted molar refractivity (Wildman–Crippen MR) is 71.8 cm³/mol. The highest BCUT2D eigenvalue weighted by Crippen LogP contribution is 2.23. The fourth-order valence-electron chi connectivity index (χ4n) is 1.36. The third kappa shape index (κ3) is 3.38. The number of anilines is 2.